The first-order valence-electron chi connectivity index (χ1n) is 9.64. The number of rotatable bonds is 6. The number of carbonyl (C=O) groups excluding carboxylic acids is 2. The molecule has 2 bridgehead atoms. The Morgan fingerprint density at radius 1 is 1.14 bits per heavy atom. The highest BCUT2D eigenvalue weighted by Crippen LogP contribution is 2.36. The molecule has 3 atom stereocenters. The minimum atomic E-state index is -0.314. The Balaban J connectivity index is 1.25. The van der Waals surface area contributed by atoms with Crippen LogP contribution < -0.4 is 15.4 Å². The quantitative estimate of drug-likeness (QED) is 0.800. The molecule has 0 radical (unpaired) electrons. The molecular formula is C21H25N3O4. The predicted molar refractivity (Wildman–Crippen MR) is 104 cm³/mol. The second-order valence-corrected chi connectivity index (χ2v) is 7.66. The van der Waals surface area contributed by atoms with Gasteiger partial charge in [-0.05, 0) is 68.1 Å². The SMILES string of the molecule is CN1C[C@H]2CC[C@@H](C1)C2NC(=O)COc1ccc(NC(=O)c2ccco2)cc1. The molecule has 1 aromatic heterocycles. The van der Waals surface area contributed by atoms with Gasteiger partial charge in [-0.2, -0.15) is 0 Å². The van der Waals surface area contributed by atoms with Gasteiger partial charge in [0.2, 0.25) is 0 Å². The molecule has 7 nitrogen and oxygen atoms in total. The van der Waals surface area contributed by atoms with Gasteiger partial charge in [-0.3, -0.25) is 9.59 Å². The molecule has 2 amide bonds. The summed E-state index contributed by atoms with van der Waals surface area (Å²) < 4.78 is 10.7. The van der Waals surface area contributed by atoms with Gasteiger partial charge in [0.1, 0.15) is 5.75 Å². The highest BCUT2D eigenvalue weighted by atomic mass is 16.5. The van der Waals surface area contributed by atoms with Crippen molar-refractivity contribution in [3.63, 3.8) is 0 Å². The summed E-state index contributed by atoms with van der Waals surface area (Å²) in [5.74, 6) is 1.53. The number of carbonyl (C=O) groups is 2. The lowest BCUT2D eigenvalue weighted by Crippen LogP contribution is -2.52. The Hall–Kier alpha value is -2.80. The molecule has 1 aromatic carbocycles. The molecule has 2 fully saturated rings. The molecule has 1 aliphatic carbocycles. The van der Waals surface area contributed by atoms with Crippen LogP contribution in [0.5, 0.6) is 5.75 Å². The fraction of sp³-hybridized carbons (Fsp3) is 0.429. The Labute approximate surface area is 164 Å². The van der Waals surface area contributed by atoms with Gasteiger partial charge in [0, 0.05) is 24.8 Å². The van der Waals surface area contributed by atoms with E-state index in [1.807, 2.05) is 0 Å². The van der Waals surface area contributed by atoms with Crippen LogP contribution in [0, 0.1) is 11.8 Å². The van der Waals surface area contributed by atoms with Crippen molar-refractivity contribution in [3.05, 3.63) is 48.4 Å². The highest BCUT2D eigenvalue weighted by molar-refractivity contribution is 6.02. The summed E-state index contributed by atoms with van der Waals surface area (Å²) >= 11 is 0. The molecule has 4 rings (SSSR count). The van der Waals surface area contributed by atoms with Crippen molar-refractivity contribution < 1.29 is 18.7 Å². The van der Waals surface area contributed by atoms with Crippen molar-refractivity contribution in [3.8, 4) is 5.75 Å². The van der Waals surface area contributed by atoms with Gasteiger partial charge < -0.3 is 24.7 Å². The maximum atomic E-state index is 12.3. The molecular weight excluding hydrogens is 358 g/mol. The van der Waals surface area contributed by atoms with Crippen molar-refractivity contribution in [1.29, 1.82) is 0 Å². The molecule has 1 unspecified atom stereocenters. The summed E-state index contributed by atoms with van der Waals surface area (Å²) in [6.07, 6.45) is 3.83. The van der Waals surface area contributed by atoms with Crippen LogP contribution in [0.4, 0.5) is 5.69 Å². The van der Waals surface area contributed by atoms with E-state index in [0.717, 1.165) is 13.1 Å². The molecule has 2 aromatic rings. The number of likely N-dealkylation sites (tertiary alicyclic amines) is 1. The van der Waals surface area contributed by atoms with E-state index in [1.165, 1.54) is 19.1 Å². The zero-order chi connectivity index (χ0) is 19.5. The molecule has 7 heteroatoms. The number of furan rings is 1. The number of fused-ring (bicyclic) bond motifs is 2. The summed E-state index contributed by atoms with van der Waals surface area (Å²) in [6.45, 7) is 2.09. The number of benzene rings is 1. The number of anilines is 1. The van der Waals surface area contributed by atoms with E-state index in [9.17, 15) is 9.59 Å². The smallest absolute Gasteiger partial charge is 0.291 e. The van der Waals surface area contributed by atoms with E-state index in [0.29, 0.717) is 23.3 Å². The lowest BCUT2D eigenvalue weighted by Gasteiger charge is -2.36. The normalized spacial score (nSPS) is 24.0. The summed E-state index contributed by atoms with van der Waals surface area (Å²) in [7, 11) is 2.15. The van der Waals surface area contributed by atoms with Crippen LogP contribution in [-0.4, -0.2) is 49.5 Å². The Morgan fingerprint density at radius 2 is 1.86 bits per heavy atom. The second-order valence-electron chi connectivity index (χ2n) is 7.66. The van der Waals surface area contributed by atoms with E-state index in [4.69, 9.17) is 9.15 Å². The lowest BCUT2D eigenvalue weighted by atomic mass is 9.92. The van der Waals surface area contributed by atoms with Crippen molar-refractivity contribution in [2.75, 3.05) is 32.1 Å². The Bertz CT molecular complexity index is 805. The average molecular weight is 383 g/mol. The van der Waals surface area contributed by atoms with Crippen molar-refractivity contribution in [2.45, 2.75) is 18.9 Å². The van der Waals surface area contributed by atoms with Crippen LogP contribution in [0.1, 0.15) is 23.4 Å². The second kappa shape index (κ2) is 8.06. The number of hydrogen-bond acceptors (Lipinski definition) is 5. The van der Waals surface area contributed by atoms with E-state index < -0.39 is 0 Å². The number of hydrogen-bond donors (Lipinski definition) is 2. The van der Waals surface area contributed by atoms with E-state index in [-0.39, 0.29) is 30.2 Å². The van der Waals surface area contributed by atoms with Gasteiger partial charge >= 0.3 is 0 Å². The molecule has 0 spiro atoms. The van der Waals surface area contributed by atoms with Crippen LogP contribution in [-0.2, 0) is 4.79 Å². The maximum absolute atomic E-state index is 12.3. The molecule has 1 saturated carbocycles. The molecule has 1 saturated heterocycles. The summed E-state index contributed by atoms with van der Waals surface area (Å²) in [4.78, 5) is 26.6. The lowest BCUT2D eigenvalue weighted by molar-refractivity contribution is -0.124. The third kappa shape index (κ3) is 4.20. The number of amides is 2. The third-order valence-electron chi connectivity index (χ3n) is 5.57. The minimum Gasteiger partial charge on any atom is -0.484 e. The van der Waals surface area contributed by atoms with Crippen LogP contribution in [0.3, 0.4) is 0 Å². The predicted octanol–water partition coefficient (Wildman–Crippen LogP) is 2.37. The minimum absolute atomic E-state index is 0.0100. The first kappa shape index (κ1) is 18.6. The van der Waals surface area contributed by atoms with Gasteiger partial charge in [0.25, 0.3) is 11.8 Å². The molecule has 2 aliphatic rings. The monoisotopic (exact) mass is 383 g/mol. The van der Waals surface area contributed by atoms with Crippen molar-refractivity contribution in [2.24, 2.45) is 11.8 Å². The van der Waals surface area contributed by atoms with E-state index in [1.54, 1.807) is 36.4 Å². The van der Waals surface area contributed by atoms with Gasteiger partial charge in [-0.1, -0.05) is 0 Å². The Kier molecular flexibility index (Phi) is 5.34. The summed E-state index contributed by atoms with van der Waals surface area (Å²) in [5, 5.41) is 5.91. The standard InChI is InChI=1S/C21H25N3O4/c1-24-11-14-4-5-15(12-24)20(14)23-19(25)13-28-17-8-6-16(7-9-17)22-21(26)18-3-2-10-27-18/h2-3,6-10,14-15,20H,4-5,11-13H2,1H3,(H,22,26)(H,23,25)/t14-,15+,20?. The third-order valence-corrected chi connectivity index (χ3v) is 5.57. The van der Waals surface area contributed by atoms with Crippen LogP contribution in [0.25, 0.3) is 0 Å². The fourth-order valence-electron chi connectivity index (χ4n) is 4.30. The maximum Gasteiger partial charge on any atom is 0.291 e. The fourth-order valence-corrected chi connectivity index (χ4v) is 4.30. The molecule has 1 aliphatic heterocycles. The van der Waals surface area contributed by atoms with Gasteiger partial charge in [-0.15, -0.1) is 0 Å². The number of nitrogens with one attached hydrogen (secondary N) is 2. The average Bonchev–Trinajstić information content (AvgIpc) is 3.29. The van der Waals surface area contributed by atoms with Crippen LogP contribution >= 0.6 is 0 Å². The summed E-state index contributed by atoms with van der Waals surface area (Å²) in [6, 6.07) is 10.4. The number of piperidine rings is 1. The van der Waals surface area contributed by atoms with Gasteiger partial charge in [0.15, 0.2) is 12.4 Å². The first-order chi connectivity index (χ1) is 13.6. The molecule has 2 N–H and O–H groups in total. The van der Waals surface area contributed by atoms with Gasteiger partial charge in [0.05, 0.1) is 6.26 Å². The van der Waals surface area contributed by atoms with Gasteiger partial charge in [-0.25, -0.2) is 0 Å². The molecule has 148 valence electrons. The van der Waals surface area contributed by atoms with E-state index in [2.05, 4.69) is 22.6 Å². The zero-order valence-electron chi connectivity index (χ0n) is 15.9. The summed E-state index contributed by atoms with van der Waals surface area (Å²) in [5.41, 5.74) is 0.626. The Morgan fingerprint density at radius 3 is 2.50 bits per heavy atom. The molecule has 2 heterocycles. The van der Waals surface area contributed by atoms with E-state index >= 15 is 0 Å². The van der Waals surface area contributed by atoms with Crippen LogP contribution in [0.2, 0.25) is 0 Å². The largest absolute Gasteiger partial charge is 0.484 e. The molecule has 28 heavy (non-hydrogen) atoms. The topological polar surface area (TPSA) is 83.8 Å². The number of nitrogens with zero attached hydrogens (tertiary/aromatic N) is 1. The zero-order valence-corrected chi connectivity index (χ0v) is 15.9. The van der Waals surface area contributed by atoms with Crippen molar-refractivity contribution >= 4 is 17.5 Å². The first-order valence-corrected chi connectivity index (χ1v) is 9.64. The highest BCUT2D eigenvalue weighted by Gasteiger charge is 2.41. The number of ether oxygens (including phenoxy) is 1. The van der Waals surface area contributed by atoms with Crippen molar-refractivity contribution in [1.82, 2.24) is 10.2 Å². The van der Waals surface area contributed by atoms with Crippen LogP contribution in [0.15, 0.2) is 47.1 Å².